The molecule has 55 heavy (non-hydrogen) atoms. The van der Waals surface area contributed by atoms with E-state index in [2.05, 4.69) is 19.6 Å². The minimum absolute atomic E-state index is 0.0511. The highest BCUT2D eigenvalue weighted by molar-refractivity contribution is 7.91. The fourth-order valence-electron chi connectivity index (χ4n) is 5.25. The molecule has 3 aromatic heterocycles. The van der Waals surface area contributed by atoms with Gasteiger partial charge in [-0.2, -0.15) is 0 Å². The zero-order valence-electron chi connectivity index (χ0n) is 29.0. The maximum atomic E-state index is 12.9. The SMILES string of the molecule is O=c1ccc2cc(OCCCCCOc3no[n+]([O-])c3S(=O)(=O)c3ccccc3)c(OCCCCCOc3no[n+]([O-])c3S(=O)(=O)c3ccccc3)cc2o1. The summed E-state index contributed by atoms with van der Waals surface area (Å²) in [7, 11) is -8.45. The van der Waals surface area contributed by atoms with Gasteiger partial charge in [0.25, 0.3) is 19.7 Å². The second-order valence-electron chi connectivity index (χ2n) is 11.8. The van der Waals surface area contributed by atoms with Gasteiger partial charge in [0.05, 0.1) is 46.5 Å². The van der Waals surface area contributed by atoms with Crippen molar-refractivity contribution in [2.24, 2.45) is 0 Å². The van der Waals surface area contributed by atoms with Crippen molar-refractivity contribution in [3.05, 3.63) is 106 Å². The zero-order chi connectivity index (χ0) is 38.8. The van der Waals surface area contributed by atoms with Crippen LogP contribution in [0.2, 0.25) is 0 Å². The van der Waals surface area contributed by atoms with Crippen molar-refractivity contribution in [2.45, 2.75) is 58.4 Å². The molecule has 6 aromatic rings. The van der Waals surface area contributed by atoms with E-state index in [-0.39, 0.29) is 46.0 Å². The molecule has 0 N–H and O–H groups in total. The summed E-state index contributed by atoms with van der Waals surface area (Å²) in [6.07, 6.45) is 3.29. The Morgan fingerprint density at radius 3 is 1.47 bits per heavy atom. The lowest BCUT2D eigenvalue weighted by Gasteiger charge is -2.14. The van der Waals surface area contributed by atoms with E-state index in [1.807, 2.05) is 0 Å². The number of aromatic nitrogens is 4. The molecular formula is C35H34N4O14S2. The van der Waals surface area contributed by atoms with Gasteiger partial charge in [0.15, 0.2) is 11.5 Å². The van der Waals surface area contributed by atoms with Crippen molar-refractivity contribution in [3.63, 3.8) is 0 Å². The van der Waals surface area contributed by atoms with Gasteiger partial charge in [-0.15, -0.1) is 0 Å². The average Bonchev–Trinajstić information content (AvgIpc) is 3.76. The molecule has 0 unspecified atom stereocenters. The molecule has 0 saturated carbocycles. The van der Waals surface area contributed by atoms with Crippen molar-refractivity contribution in [1.82, 2.24) is 10.3 Å². The van der Waals surface area contributed by atoms with Crippen LogP contribution in [0, 0.1) is 10.4 Å². The van der Waals surface area contributed by atoms with E-state index in [0.29, 0.717) is 61.0 Å². The van der Waals surface area contributed by atoms with Gasteiger partial charge in [-0.25, -0.2) is 21.6 Å². The van der Waals surface area contributed by atoms with Crippen molar-refractivity contribution in [2.75, 3.05) is 26.4 Å². The van der Waals surface area contributed by atoms with Crippen molar-refractivity contribution >= 4 is 30.6 Å². The Morgan fingerprint density at radius 2 is 1.00 bits per heavy atom. The van der Waals surface area contributed by atoms with E-state index in [4.69, 9.17) is 23.4 Å². The Hall–Kier alpha value is -6.15. The number of hydrogen-bond acceptors (Lipinski definition) is 16. The first-order valence-electron chi connectivity index (χ1n) is 16.9. The Balaban J connectivity index is 0.963. The number of rotatable bonds is 20. The quantitative estimate of drug-likeness (QED) is 0.0603. The van der Waals surface area contributed by atoms with Crippen molar-refractivity contribution < 1.29 is 59.3 Å². The molecule has 6 rings (SSSR count). The maximum Gasteiger partial charge on any atom is 0.414 e. The van der Waals surface area contributed by atoms with Crippen LogP contribution in [-0.4, -0.2) is 53.6 Å². The molecule has 0 atom stereocenters. The molecule has 3 heterocycles. The van der Waals surface area contributed by atoms with E-state index in [1.165, 1.54) is 54.6 Å². The largest absolute Gasteiger partial charge is 0.490 e. The smallest absolute Gasteiger partial charge is 0.414 e. The van der Waals surface area contributed by atoms with Gasteiger partial charge in [0, 0.05) is 17.5 Å². The number of sulfone groups is 2. The Bertz CT molecular complexity index is 2490. The predicted octanol–water partition coefficient (Wildman–Crippen LogP) is 3.96. The third kappa shape index (κ3) is 9.15. The summed E-state index contributed by atoms with van der Waals surface area (Å²) in [5.74, 6) is -0.0905. The molecule has 0 fully saturated rings. The third-order valence-electron chi connectivity index (χ3n) is 7.97. The molecular weight excluding hydrogens is 765 g/mol. The van der Waals surface area contributed by atoms with E-state index in [0.717, 1.165) is 0 Å². The Labute approximate surface area is 313 Å². The van der Waals surface area contributed by atoms with Gasteiger partial charge in [-0.1, -0.05) is 36.4 Å². The van der Waals surface area contributed by atoms with Crippen LogP contribution < -0.4 is 34.4 Å². The van der Waals surface area contributed by atoms with Gasteiger partial charge < -0.3 is 33.8 Å². The van der Waals surface area contributed by atoms with Crippen molar-refractivity contribution in [1.29, 1.82) is 0 Å². The second-order valence-corrected chi connectivity index (χ2v) is 15.6. The first-order chi connectivity index (χ1) is 26.6. The van der Waals surface area contributed by atoms with Gasteiger partial charge in [-0.05, 0) is 84.7 Å². The summed E-state index contributed by atoms with van der Waals surface area (Å²) in [5, 5.41) is 30.3. The molecule has 0 aliphatic rings. The second kappa shape index (κ2) is 17.3. The minimum atomic E-state index is -4.23. The number of nitrogens with zero attached hydrogens (tertiary/aromatic N) is 4. The van der Waals surface area contributed by atoms with E-state index >= 15 is 0 Å². The van der Waals surface area contributed by atoms with Gasteiger partial charge in [0.1, 0.15) is 5.58 Å². The molecule has 290 valence electrons. The van der Waals surface area contributed by atoms with Crippen molar-refractivity contribution in [3.8, 4) is 23.3 Å². The number of hydrogen-bond donors (Lipinski definition) is 0. The molecule has 0 aliphatic carbocycles. The van der Waals surface area contributed by atoms with Crippen LogP contribution in [0.3, 0.4) is 0 Å². The highest BCUT2D eigenvalue weighted by atomic mass is 32.2. The molecule has 0 spiro atoms. The lowest BCUT2D eigenvalue weighted by atomic mass is 10.2. The Kier molecular flexibility index (Phi) is 12.2. The van der Waals surface area contributed by atoms with Crippen LogP contribution in [0.15, 0.2) is 123 Å². The summed E-state index contributed by atoms with van der Waals surface area (Å²) in [6, 6.07) is 20.9. The molecule has 0 saturated heterocycles. The summed E-state index contributed by atoms with van der Waals surface area (Å²) in [4.78, 5) is 11.2. The summed E-state index contributed by atoms with van der Waals surface area (Å²) >= 11 is 0. The van der Waals surface area contributed by atoms with E-state index in [9.17, 15) is 32.0 Å². The number of benzene rings is 3. The van der Waals surface area contributed by atoms with Crippen LogP contribution in [0.25, 0.3) is 11.0 Å². The van der Waals surface area contributed by atoms with Crippen LogP contribution >= 0.6 is 0 Å². The normalized spacial score (nSPS) is 11.8. The van der Waals surface area contributed by atoms with E-state index in [1.54, 1.807) is 30.3 Å². The molecule has 18 nitrogen and oxygen atoms in total. The number of unbranched alkanes of at least 4 members (excludes halogenated alkanes) is 4. The predicted molar refractivity (Wildman–Crippen MR) is 187 cm³/mol. The maximum absolute atomic E-state index is 12.9. The molecule has 20 heteroatoms. The third-order valence-corrected chi connectivity index (χ3v) is 11.4. The van der Waals surface area contributed by atoms with E-state index < -0.39 is 47.1 Å². The minimum Gasteiger partial charge on any atom is -0.490 e. The summed E-state index contributed by atoms with van der Waals surface area (Å²) in [6.45, 7) is 0.641. The number of fused-ring (bicyclic) bond motifs is 1. The molecule has 0 radical (unpaired) electrons. The first-order valence-corrected chi connectivity index (χ1v) is 19.9. The fourth-order valence-corrected chi connectivity index (χ4v) is 7.84. The number of ether oxygens (including phenoxy) is 4. The fraction of sp³-hybridized carbons (Fsp3) is 0.286. The first kappa shape index (κ1) is 38.6. The van der Waals surface area contributed by atoms with Gasteiger partial charge >= 0.3 is 27.4 Å². The van der Waals surface area contributed by atoms with Gasteiger partial charge in [0.2, 0.25) is 0 Å². The lowest BCUT2D eigenvalue weighted by Crippen LogP contribution is -2.30. The summed E-state index contributed by atoms with van der Waals surface area (Å²) in [5.41, 5.74) is -0.213. The van der Waals surface area contributed by atoms with Gasteiger partial charge in [-0.3, -0.25) is 9.26 Å². The molecule has 3 aromatic carbocycles. The monoisotopic (exact) mass is 798 g/mol. The Morgan fingerprint density at radius 1 is 0.564 bits per heavy atom. The molecule has 0 bridgehead atoms. The molecule has 0 aliphatic heterocycles. The van der Waals surface area contributed by atoms with Crippen LogP contribution in [-0.2, 0) is 19.7 Å². The average molecular weight is 799 g/mol. The van der Waals surface area contributed by atoms with Crippen LogP contribution in [0.5, 0.6) is 23.3 Å². The summed E-state index contributed by atoms with van der Waals surface area (Å²) < 4.78 is 89.1. The molecule has 0 amide bonds. The highest BCUT2D eigenvalue weighted by Gasteiger charge is 2.36. The topological polar surface area (TPSA) is 241 Å². The standard InChI is InChI=1S/C35H34N4O14S2/c40-31-18-17-25-23-29(47-19-9-3-11-21-49-32-34(38(41)52-36-32)54(43,44)26-13-5-1-6-14-26)30(24-28(25)51-31)48-20-10-4-12-22-50-33-35(39(42)53-37-33)55(45,46)27-15-7-2-8-16-27/h1-2,5-8,13-18,23-24H,3-4,9-12,19-22H2. The van der Waals surface area contributed by atoms with Crippen LogP contribution in [0.4, 0.5) is 0 Å². The zero-order valence-corrected chi connectivity index (χ0v) is 30.6. The highest BCUT2D eigenvalue weighted by Crippen LogP contribution is 2.33. The lowest BCUT2D eigenvalue weighted by molar-refractivity contribution is -0.832. The van der Waals surface area contributed by atoms with Crippen LogP contribution in [0.1, 0.15) is 38.5 Å².